The van der Waals surface area contributed by atoms with Crippen molar-refractivity contribution in [2.45, 2.75) is 32.8 Å². The van der Waals surface area contributed by atoms with Crippen LogP contribution in [0.15, 0.2) is 30.0 Å². The van der Waals surface area contributed by atoms with Crippen molar-refractivity contribution in [2.24, 2.45) is 5.41 Å². The fraction of sp³-hybridized carbons (Fsp3) is 0.429. The van der Waals surface area contributed by atoms with Crippen molar-refractivity contribution in [3.05, 3.63) is 40.7 Å². The molecule has 164 valence electrons. The quantitative estimate of drug-likeness (QED) is 0.357. The molecule has 1 N–H and O–H groups in total. The van der Waals surface area contributed by atoms with Crippen molar-refractivity contribution in [1.29, 1.82) is 0 Å². The van der Waals surface area contributed by atoms with E-state index in [1.54, 1.807) is 20.1 Å². The smallest absolute Gasteiger partial charge is 0.295 e. The molecule has 0 spiro atoms. The topological polar surface area (TPSA) is 95.5 Å². The molecule has 10 heteroatoms. The molecule has 3 aliphatic rings. The summed E-state index contributed by atoms with van der Waals surface area (Å²) >= 11 is 7.27. The SMILES string of the molecule is C/C=C/C(=C(\C)C(=O)Nc1nnc(OCC23COC(C2)C3)s1)c1cc(Cl)ncc1OC. The Bertz CT molecular complexity index is 1040. The van der Waals surface area contributed by atoms with Crippen molar-refractivity contribution >= 4 is 39.5 Å². The summed E-state index contributed by atoms with van der Waals surface area (Å²) in [6, 6.07) is 1.67. The van der Waals surface area contributed by atoms with Gasteiger partial charge in [-0.2, -0.15) is 0 Å². The second-order valence-electron chi connectivity index (χ2n) is 7.70. The standard InChI is InChI=1S/C21H23ClN4O4S/c1-4-5-14(15-6-17(22)23-9-16(15)28-3)12(2)18(27)24-19-25-26-20(31-19)30-11-21-7-13(8-21)29-10-21/h4-6,9,13H,7-8,10-11H2,1-3H3,(H,24,25,27)/b5-4+,14-12-. The number of pyridine rings is 1. The molecule has 2 bridgehead atoms. The summed E-state index contributed by atoms with van der Waals surface area (Å²) in [5, 5.41) is 12.0. The monoisotopic (exact) mass is 462 g/mol. The molecule has 5 rings (SSSR count). The van der Waals surface area contributed by atoms with Gasteiger partial charge in [0.15, 0.2) is 0 Å². The lowest BCUT2D eigenvalue weighted by atomic mass is 9.71. The van der Waals surface area contributed by atoms with Gasteiger partial charge in [-0.1, -0.05) is 28.9 Å². The van der Waals surface area contributed by atoms with Crippen LogP contribution in [0.1, 0.15) is 32.3 Å². The first-order chi connectivity index (χ1) is 14.9. The highest BCUT2D eigenvalue weighted by molar-refractivity contribution is 7.17. The maximum atomic E-state index is 12.9. The first-order valence-corrected chi connectivity index (χ1v) is 11.1. The van der Waals surface area contributed by atoms with Crippen molar-refractivity contribution in [1.82, 2.24) is 15.2 Å². The fourth-order valence-electron chi connectivity index (χ4n) is 3.82. The lowest BCUT2D eigenvalue weighted by Gasteiger charge is -2.34. The van der Waals surface area contributed by atoms with Crippen LogP contribution in [0.2, 0.25) is 5.15 Å². The first kappa shape index (κ1) is 21.7. The Balaban J connectivity index is 1.48. The number of aromatic nitrogens is 3. The summed E-state index contributed by atoms with van der Waals surface area (Å²) in [5.74, 6) is 0.208. The Morgan fingerprint density at radius 3 is 2.94 bits per heavy atom. The lowest BCUT2D eigenvalue weighted by molar-refractivity contribution is -0.112. The lowest BCUT2D eigenvalue weighted by Crippen LogP contribution is -2.38. The van der Waals surface area contributed by atoms with Crippen LogP contribution in [0.5, 0.6) is 10.9 Å². The number of rotatable bonds is 8. The van der Waals surface area contributed by atoms with Gasteiger partial charge in [-0.3, -0.25) is 10.1 Å². The molecular formula is C21H23ClN4O4S. The number of nitrogens with zero attached hydrogens (tertiary/aromatic N) is 3. The normalized spacial score (nSPS) is 22.8. The molecule has 2 aromatic heterocycles. The van der Waals surface area contributed by atoms with E-state index < -0.39 is 0 Å². The highest BCUT2D eigenvalue weighted by atomic mass is 35.5. The number of fused-ring (bicyclic) bond motifs is 1. The number of anilines is 1. The van der Waals surface area contributed by atoms with Crippen LogP contribution in [0.4, 0.5) is 5.13 Å². The molecule has 0 radical (unpaired) electrons. The minimum absolute atomic E-state index is 0.116. The molecule has 0 unspecified atom stereocenters. The zero-order chi connectivity index (χ0) is 22.0. The molecule has 0 atom stereocenters. The average molecular weight is 463 g/mol. The van der Waals surface area contributed by atoms with Crippen molar-refractivity contribution in [2.75, 3.05) is 25.6 Å². The van der Waals surface area contributed by atoms with E-state index in [1.807, 2.05) is 19.1 Å². The van der Waals surface area contributed by atoms with Gasteiger partial charge in [0, 0.05) is 16.6 Å². The molecule has 31 heavy (non-hydrogen) atoms. The summed E-state index contributed by atoms with van der Waals surface area (Å²) in [5.41, 5.74) is 1.93. The van der Waals surface area contributed by atoms with Crippen LogP contribution in [-0.4, -0.2) is 47.5 Å². The molecule has 2 aliphatic heterocycles. The number of allylic oxidation sites excluding steroid dienone is 3. The highest BCUT2D eigenvalue weighted by Gasteiger charge is 2.52. The van der Waals surface area contributed by atoms with E-state index in [2.05, 4.69) is 20.5 Å². The first-order valence-electron chi connectivity index (χ1n) is 9.86. The minimum atomic E-state index is -0.310. The van der Waals surface area contributed by atoms with Crippen LogP contribution in [0, 0.1) is 5.41 Å². The molecule has 1 saturated carbocycles. The molecule has 0 aromatic carbocycles. The Labute approximate surface area is 189 Å². The third-order valence-electron chi connectivity index (χ3n) is 5.50. The van der Waals surface area contributed by atoms with Gasteiger partial charge in [-0.25, -0.2) is 4.98 Å². The Kier molecular flexibility index (Phi) is 6.27. The van der Waals surface area contributed by atoms with E-state index in [1.165, 1.54) is 17.5 Å². The summed E-state index contributed by atoms with van der Waals surface area (Å²) in [4.78, 5) is 16.9. The number of carbonyl (C=O) groups is 1. The second-order valence-corrected chi connectivity index (χ2v) is 9.03. The van der Waals surface area contributed by atoms with Crippen molar-refractivity contribution < 1.29 is 19.0 Å². The molecule has 2 aromatic rings. The predicted octanol–water partition coefficient (Wildman–Crippen LogP) is 4.14. The number of halogens is 1. The summed E-state index contributed by atoms with van der Waals surface area (Å²) in [7, 11) is 1.54. The second kappa shape index (κ2) is 8.94. The minimum Gasteiger partial charge on any atom is -0.494 e. The summed E-state index contributed by atoms with van der Waals surface area (Å²) in [6.07, 6.45) is 7.66. The highest BCUT2D eigenvalue weighted by Crippen LogP contribution is 2.50. The van der Waals surface area contributed by atoms with Crippen LogP contribution in [0.3, 0.4) is 0 Å². The number of hydrogen-bond donors (Lipinski definition) is 1. The van der Waals surface area contributed by atoms with Gasteiger partial charge in [-0.05, 0) is 49.7 Å². The van der Waals surface area contributed by atoms with E-state index in [0.29, 0.717) is 50.6 Å². The van der Waals surface area contributed by atoms with Crippen LogP contribution < -0.4 is 14.8 Å². The Hall–Kier alpha value is -2.49. The summed E-state index contributed by atoms with van der Waals surface area (Å²) in [6.45, 7) is 4.89. The maximum Gasteiger partial charge on any atom is 0.295 e. The van der Waals surface area contributed by atoms with E-state index in [4.69, 9.17) is 25.8 Å². The molecule has 8 nitrogen and oxygen atoms in total. The predicted molar refractivity (Wildman–Crippen MR) is 119 cm³/mol. The van der Waals surface area contributed by atoms with E-state index in [0.717, 1.165) is 19.4 Å². The van der Waals surface area contributed by atoms with Crippen LogP contribution in [-0.2, 0) is 9.53 Å². The van der Waals surface area contributed by atoms with E-state index in [-0.39, 0.29) is 11.3 Å². The van der Waals surface area contributed by atoms with Crippen LogP contribution >= 0.6 is 22.9 Å². The Morgan fingerprint density at radius 2 is 2.26 bits per heavy atom. The van der Waals surface area contributed by atoms with E-state index in [9.17, 15) is 4.79 Å². The van der Waals surface area contributed by atoms with Crippen LogP contribution in [0.25, 0.3) is 5.57 Å². The van der Waals surface area contributed by atoms with Gasteiger partial charge < -0.3 is 14.2 Å². The summed E-state index contributed by atoms with van der Waals surface area (Å²) < 4.78 is 16.8. The Morgan fingerprint density at radius 1 is 1.45 bits per heavy atom. The van der Waals surface area contributed by atoms with Gasteiger partial charge in [0.05, 0.1) is 32.6 Å². The number of amides is 1. The van der Waals surface area contributed by atoms with Gasteiger partial charge in [0.1, 0.15) is 10.9 Å². The van der Waals surface area contributed by atoms with Crippen molar-refractivity contribution in [3.63, 3.8) is 0 Å². The third-order valence-corrected chi connectivity index (χ3v) is 6.46. The van der Waals surface area contributed by atoms with Crippen molar-refractivity contribution in [3.8, 4) is 10.9 Å². The number of methoxy groups -OCH3 is 1. The zero-order valence-electron chi connectivity index (χ0n) is 17.5. The van der Waals surface area contributed by atoms with Gasteiger partial charge in [0.25, 0.3) is 11.1 Å². The number of ether oxygens (including phenoxy) is 3. The molecule has 3 fully saturated rings. The van der Waals surface area contributed by atoms with Gasteiger partial charge >= 0.3 is 0 Å². The molecular weight excluding hydrogens is 440 g/mol. The third kappa shape index (κ3) is 4.58. The molecule has 2 saturated heterocycles. The van der Waals surface area contributed by atoms with Gasteiger partial charge in [0.2, 0.25) is 5.13 Å². The maximum absolute atomic E-state index is 12.9. The average Bonchev–Trinajstić information content (AvgIpc) is 3.46. The number of carbonyl (C=O) groups excluding carboxylic acids is 1. The van der Waals surface area contributed by atoms with E-state index >= 15 is 0 Å². The molecule has 1 amide bonds. The fourth-order valence-corrected chi connectivity index (χ4v) is 4.56. The number of hydrogen-bond acceptors (Lipinski definition) is 8. The zero-order valence-corrected chi connectivity index (χ0v) is 19.0. The molecule has 1 aliphatic carbocycles. The molecule has 4 heterocycles. The largest absolute Gasteiger partial charge is 0.494 e. The number of nitrogens with one attached hydrogen (secondary N) is 1. The van der Waals surface area contributed by atoms with Gasteiger partial charge in [-0.15, -0.1) is 5.10 Å².